The first-order valence-corrected chi connectivity index (χ1v) is 9.07. The molecule has 6 heteroatoms. The second-order valence-electron chi connectivity index (χ2n) is 6.61. The lowest BCUT2D eigenvalue weighted by atomic mass is 9.97. The number of amides is 2. The Morgan fingerprint density at radius 2 is 2.12 bits per heavy atom. The predicted octanol–water partition coefficient (Wildman–Crippen LogP) is 1.97. The number of aromatic nitrogens is 2. The van der Waals surface area contributed by atoms with Crippen molar-refractivity contribution in [1.82, 2.24) is 19.8 Å². The summed E-state index contributed by atoms with van der Waals surface area (Å²) < 4.78 is 2.19. The van der Waals surface area contributed by atoms with Gasteiger partial charge in [-0.05, 0) is 31.9 Å². The van der Waals surface area contributed by atoms with Gasteiger partial charge in [0.15, 0.2) is 0 Å². The lowest BCUT2D eigenvalue weighted by Crippen LogP contribution is -2.45. The second-order valence-corrected chi connectivity index (χ2v) is 6.61. The van der Waals surface area contributed by atoms with Crippen molar-refractivity contribution in [2.75, 3.05) is 19.6 Å². The van der Waals surface area contributed by atoms with E-state index < -0.39 is 0 Å². The maximum Gasteiger partial charge on any atom is 0.224 e. The minimum atomic E-state index is -0.0948. The molecule has 0 saturated carbocycles. The average molecular weight is 342 g/mol. The van der Waals surface area contributed by atoms with E-state index in [4.69, 9.17) is 0 Å². The maximum absolute atomic E-state index is 12.4. The van der Waals surface area contributed by atoms with Gasteiger partial charge in [0, 0.05) is 39.5 Å². The van der Waals surface area contributed by atoms with E-state index >= 15 is 0 Å². The number of carbonyl (C=O) groups is 2. The van der Waals surface area contributed by atoms with E-state index in [0.29, 0.717) is 19.5 Å². The zero-order valence-electron chi connectivity index (χ0n) is 15.0. The molecule has 134 valence electrons. The minimum absolute atomic E-state index is 0.0464. The molecule has 1 aliphatic heterocycles. The first-order chi connectivity index (χ1) is 12.1. The van der Waals surface area contributed by atoms with Crippen molar-refractivity contribution >= 4 is 22.8 Å². The number of aryl methyl sites for hydroxylation is 1. The molecule has 6 nitrogen and oxygen atoms in total. The molecule has 3 rings (SSSR count). The second kappa shape index (κ2) is 7.68. The minimum Gasteiger partial charge on any atom is -0.355 e. The number of nitrogens with one attached hydrogen (secondary N) is 1. The van der Waals surface area contributed by atoms with Gasteiger partial charge in [0.2, 0.25) is 11.8 Å². The Morgan fingerprint density at radius 1 is 1.32 bits per heavy atom. The van der Waals surface area contributed by atoms with Gasteiger partial charge in [0.1, 0.15) is 5.82 Å². The lowest BCUT2D eigenvalue weighted by molar-refractivity contribution is -0.133. The zero-order chi connectivity index (χ0) is 17.8. The van der Waals surface area contributed by atoms with Crippen LogP contribution in [0.3, 0.4) is 0 Å². The molecule has 1 N–H and O–H groups in total. The van der Waals surface area contributed by atoms with E-state index in [1.165, 1.54) is 0 Å². The SMILES string of the molecule is CCn1c(CCNC(=O)[C@@H]2CCCN(C(C)=O)C2)nc2ccccc21. The van der Waals surface area contributed by atoms with Crippen LogP contribution in [0.5, 0.6) is 0 Å². The molecule has 1 aromatic heterocycles. The molecule has 0 unspecified atom stereocenters. The number of rotatable bonds is 5. The summed E-state index contributed by atoms with van der Waals surface area (Å²) in [7, 11) is 0. The number of hydrogen-bond donors (Lipinski definition) is 1. The molecular formula is C19H26N4O2. The highest BCUT2D eigenvalue weighted by molar-refractivity contribution is 5.80. The molecule has 1 aliphatic rings. The number of carbonyl (C=O) groups excluding carboxylic acids is 2. The number of para-hydroxylation sites is 2. The summed E-state index contributed by atoms with van der Waals surface area (Å²) in [4.78, 5) is 30.4. The quantitative estimate of drug-likeness (QED) is 0.903. The summed E-state index contributed by atoms with van der Waals surface area (Å²) in [5.74, 6) is 1.000. The van der Waals surface area contributed by atoms with Gasteiger partial charge in [-0.2, -0.15) is 0 Å². The summed E-state index contributed by atoms with van der Waals surface area (Å²) in [6.45, 7) is 6.40. The van der Waals surface area contributed by atoms with Crippen LogP contribution >= 0.6 is 0 Å². The monoisotopic (exact) mass is 342 g/mol. The van der Waals surface area contributed by atoms with Crippen molar-refractivity contribution < 1.29 is 9.59 Å². The van der Waals surface area contributed by atoms with Crippen LogP contribution in [0.25, 0.3) is 11.0 Å². The molecule has 2 aromatic rings. The summed E-state index contributed by atoms with van der Waals surface area (Å²) >= 11 is 0. The van der Waals surface area contributed by atoms with Gasteiger partial charge in [-0.25, -0.2) is 4.98 Å². The third-order valence-corrected chi connectivity index (χ3v) is 4.94. The molecule has 2 amide bonds. The van der Waals surface area contributed by atoms with Gasteiger partial charge in [0.05, 0.1) is 17.0 Å². The van der Waals surface area contributed by atoms with Crippen LogP contribution < -0.4 is 5.32 Å². The number of piperidine rings is 1. The van der Waals surface area contributed by atoms with Gasteiger partial charge in [-0.15, -0.1) is 0 Å². The number of imidazole rings is 1. The topological polar surface area (TPSA) is 67.2 Å². The zero-order valence-corrected chi connectivity index (χ0v) is 15.0. The molecule has 1 atom stereocenters. The molecule has 0 spiro atoms. The Morgan fingerprint density at radius 3 is 2.88 bits per heavy atom. The molecule has 0 bridgehead atoms. The molecule has 0 aliphatic carbocycles. The van der Waals surface area contributed by atoms with Crippen LogP contribution in [0.15, 0.2) is 24.3 Å². The van der Waals surface area contributed by atoms with E-state index in [0.717, 1.165) is 42.8 Å². The van der Waals surface area contributed by atoms with Crippen LogP contribution in [0.1, 0.15) is 32.5 Å². The van der Waals surface area contributed by atoms with Crippen molar-refractivity contribution in [3.63, 3.8) is 0 Å². The highest BCUT2D eigenvalue weighted by Crippen LogP contribution is 2.18. The van der Waals surface area contributed by atoms with Crippen molar-refractivity contribution in [2.24, 2.45) is 5.92 Å². The fourth-order valence-electron chi connectivity index (χ4n) is 3.59. The summed E-state index contributed by atoms with van der Waals surface area (Å²) in [5, 5.41) is 3.03. The van der Waals surface area contributed by atoms with Crippen molar-refractivity contribution in [2.45, 2.75) is 39.7 Å². The first-order valence-electron chi connectivity index (χ1n) is 9.07. The van der Waals surface area contributed by atoms with E-state index in [9.17, 15) is 9.59 Å². The van der Waals surface area contributed by atoms with Crippen LogP contribution in [-0.4, -0.2) is 45.9 Å². The van der Waals surface area contributed by atoms with Crippen molar-refractivity contribution in [3.8, 4) is 0 Å². The van der Waals surface area contributed by atoms with Crippen LogP contribution in [0.4, 0.5) is 0 Å². The number of benzene rings is 1. The standard InChI is InChI=1S/C19H26N4O2/c1-3-23-17-9-5-4-8-16(17)21-18(23)10-11-20-19(25)15-7-6-12-22(13-15)14(2)24/h4-5,8-9,15H,3,6-7,10-13H2,1-2H3,(H,20,25)/t15-/m1/s1. The molecule has 25 heavy (non-hydrogen) atoms. The molecule has 1 saturated heterocycles. The Hall–Kier alpha value is -2.37. The molecule has 1 fully saturated rings. The summed E-state index contributed by atoms with van der Waals surface area (Å²) in [6, 6.07) is 8.10. The van der Waals surface area contributed by atoms with Gasteiger partial charge < -0.3 is 14.8 Å². The van der Waals surface area contributed by atoms with Gasteiger partial charge in [0.25, 0.3) is 0 Å². The van der Waals surface area contributed by atoms with Gasteiger partial charge >= 0.3 is 0 Å². The Balaban J connectivity index is 1.57. The summed E-state index contributed by atoms with van der Waals surface area (Å²) in [5.41, 5.74) is 2.13. The van der Waals surface area contributed by atoms with E-state index in [1.54, 1.807) is 11.8 Å². The lowest BCUT2D eigenvalue weighted by Gasteiger charge is -2.31. The van der Waals surface area contributed by atoms with E-state index in [1.807, 2.05) is 18.2 Å². The van der Waals surface area contributed by atoms with Crippen LogP contribution in [0.2, 0.25) is 0 Å². The molecule has 1 aromatic carbocycles. The first kappa shape index (κ1) is 17.5. The van der Waals surface area contributed by atoms with Gasteiger partial charge in [-0.1, -0.05) is 12.1 Å². The molecular weight excluding hydrogens is 316 g/mol. The Kier molecular flexibility index (Phi) is 5.36. The fraction of sp³-hybridized carbons (Fsp3) is 0.526. The highest BCUT2D eigenvalue weighted by atomic mass is 16.2. The smallest absolute Gasteiger partial charge is 0.224 e. The third-order valence-electron chi connectivity index (χ3n) is 4.94. The number of hydrogen-bond acceptors (Lipinski definition) is 3. The summed E-state index contributed by atoms with van der Waals surface area (Å²) in [6.07, 6.45) is 2.45. The molecule has 0 radical (unpaired) electrons. The van der Waals surface area contributed by atoms with Crippen molar-refractivity contribution in [3.05, 3.63) is 30.1 Å². The van der Waals surface area contributed by atoms with Crippen molar-refractivity contribution in [1.29, 1.82) is 0 Å². The average Bonchev–Trinajstić information content (AvgIpc) is 2.99. The maximum atomic E-state index is 12.4. The highest BCUT2D eigenvalue weighted by Gasteiger charge is 2.26. The predicted molar refractivity (Wildman–Crippen MR) is 97.1 cm³/mol. The van der Waals surface area contributed by atoms with E-state index in [2.05, 4.69) is 27.9 Å². The van der Waals surface area contributed by atoms with Crippen LogP contribution in [0, 0.1) is 5.92 Å². The largest absolute Gasteiger partial charge is 0.355 e. The normalized spacial score (nSPS) is 17.7. The van der Waals surface area contributed by atoms with Crippen LogP contribution in [-0.2, 0) is 22.6 Å². The number of likely N-dealkylation sites (tertiary alicyclic amines) is 1. The Bertz CT molecular complexity index is 768. The third kappa shape index (κ3) is 3.83. The number of nitrogens with zero attached hydrogens (tertiary/aromatic N) is 3. The van der Waals surface area contributed by atoms with Gasteiger partial charge in [-0.3, -0.25) is 9.59 Å². The fourth-order valence-corrected chi connectivity index (χ4v) is 3.59. The van der Waals surface area contributed by atoms with E-state index in [-0.39, 0.29) is 17.7 Å². The Labute approximate surface area is 148 Å². The molecule has 2 heterocycles. The number of fused-ring (bicyclic) bond motifs is 1.